The third-order valence-corrected chi connectivity index (χ3v) is 7.26. The molecular weight excluding hydrogens is 476 g/mol. The monoisotopic (exact) mass is 500 g/mol. The molecule has 0 aliphatic rings. The van der Waals surface area contributed by atoms with Gasteiger partial charge in [-0.2, -0.15) is 4.31 Å². The van der Waals surface area contributed by atoms with Crippen molar-refractivity contribution in [2.75, 3.05) is 6.54 Å². The van der Waals surface area contributed by atoms with Crippen molar-refractivity contribution in [1.82, 2.24) is 9.62 Å². The molecule has 3 aromatic carbocycles. The van der Waals surface area contributed by atoms with Crippen LogP contribution in [-0.4, -0.2) is 25.2 Å². The lowest BCUT2D eigenvalue weighted by atomic mass is 10.1. The summed E-state index contributed by atoms with van der Waals surface area (Å²) in [5.74, 6) is -0.357. The molecule has 0 aliphatic carbocycles. The Labute approximate surface area is 192 Å². The number of nitrogens with one attached hydrogen (secondary N) is 1. The number of carbonyl (C=O) groups is 1. The highest BCUT2D eigenvalue weighted by Crippen LogP contribution is 2.21. The van der Waals surface area contributed by atoms with E-state index in [4.69, 9.17) is 0 Å². The van der Waals surface area contributed by atoms with Crippen LogP contribution in [0.15, 0.2) is 88.2 Å². The van der Waals surface area contributed by atoms with Gasteiger partial charge in [-0.15, -0.1) is 0 Å². The van der Waals surface area contributed by atoms with Gasteiger partial charge in [0, 0.05) is 11.0 Å². The smallest absolute Gasteiger partial charge is 0.243 e. The van der Waals surface area contributed by atoms with Crippen molar-refractivity contribution in [3.05, 3.63) is 100 Å². The average Bonchev–Trinajstić information content (AvgIpc) is 2.75. The molecule has 3 rings (SSSR count). The molecule has 0 unspecified atom stereocenters. The van der Waals surface area contributed by atoms with Crippen LogP contribution < -0.4 is 5.32 Å². The Morgan fingerprint density at radius 2 is 1.58 bits per heavy atom. The van der Waals surface area contributed by atoms with E-state index in [-0.39, 0.29) is 29.9 Å². The van der Waals surface area contributed by atoms with Crippen molar-refractivity contribution >= 4 is 31.9 Å². The molecule has 0 radical (unpaired) electrons. The van der Waals surface area contributed by atoms with Crippen LogP contribution >= 0.6 is 15.9 Å². The minimum atomic E-state index is -3.87. The zero-order valence-corrected chi connectivity index (χ0v) is 19.9. The number of carbonyl (C=O) groups excluding carboxylic acids is 1. The van der Waals surface area contributed by atoms with E-state index in [1.807, 2.05) is 68.4 Å². The summed E-state index contributed by atoms with van der Waals surface area (Å²) in [6.07, 6.45) is 0. The first-order chi connectivity index (χ1) is 14.8. The van der Waals surface area contributed by atoms with Gasteiger partial charge in [0.05, 0.1) is 17.5 Å². The number of benzene rings is 3. The van der Waals surface area contributed by atoms with Gasteiger partial charge in [0.2, 0.25) is 15.9 Å². The second-order valence-corrected chi connectivity index (χ2v) is 10.3. The molecule has 0 saturated carbocycles. The molecule has 31 heavy (non-hydrogen) atoms. The standard InChI is InChI=1S/C24H25BrN2O3S/c1-18-8-10-20(11-9-18)16-27(31(29,30)23-14-12-22(25)13-15-23)17-24(28)26-19(2)21-6-4-3-5-7-21/h3-15,19H,16-17H2,1-2H3,(H,26,28)/t19-/m1/s1. The van der Waals surface area contributed by atoms with Crippen molar-refractivity contribution in [2.45, 2.75) is 31.3 Å². The van der Waals surface area contributed by atoms with Gasteiger partial charge in [-0.05, 0) is 49.2 Å². The first kappa shape index (κ1) is 23.2. The molecule has 0 spiro atoms. The number of halogens is 1. The van der Waals surface area contributed by atoms with Crippen LogP contribution in [0.5, 0.6) is 0 Å². The minimum Gasteiger partial charge on any atom is -0.348 e. The van der Waals surface area contributed by atoms with E-state index in [9.17, 15) is 13.2 Å². The van der Waals surface area contributed by atoms with E-state index >= 15 is 0 Å². The second-order valence-electron chi connectivity index (χ2n) is 7.41. The van der Waals surface area contributed by atoms with E-state index in [0.717, 1.165) is 21.2 Å². The second kappa shape index (κ2) is 10.2. The summed E-state index contributed by atoms with van der Waals surface area (Å²) in [5.41, 5.74) is 2.85. The molecule has 1 N–H and O–H groups in total. The van der Waals surface area contributed by atoms with Crippen LogP contribution in [0.4, 0.5) is 0 Å². The van der Waals surface area contributed by atoms with Crippen LogP contribution in [0.25, 0.3) is 0 Å². The Morgan fingerprint density at radius 1 is 0.968 bits per heavy atom. The Balaban J connectivity index is 1.83. The lowest BCUT2D eigenvalue weighted by Gasteiger charge is -2.23. The van der Waals surface area contributed by atoms with Crippen molar-refractivity contribution < 1.29 is 13.2 Å². The van der Waals surface area contributed by atoms with Gasteiger partial charge in [0.25, 0.3) is 0 Å². The largest absolute Gasteiger partial charge is 0.348 e. The highest BCUT2D eigenvalue weighted by molar-refractivity contribution is 9.10. The van der Waals surface area contributed by atoms with E-state index in [1.54, 1.807) is 12.1 Å². The Morgan fingerprint density at radius 3 is 2.19 bits per heavy atom. The van der Waals surface area contributed by atoms with Gasteiger partial charge in [-0.25, -0.2) is 8.42 Å². The topological polar surface area (TPSA) is 66.5 Å². The van der Waals surface area contributed by atoms with E-state index in [0.29, 0.717) is 0 Å². The molecule has 0 aliphatic heterocycles. The SMILES string of the molecule is Cc1ccc(CN(CC(=O)N[C@H](C)c2ccccc2)S(=O)(=O)c2ccc(Br)cc2)cc1. The predicted molar refractivity (Wildman–Crippen MR) is 126 cm³/mol. The molecule has 0 aromatic heterocycles. The van der Waals surface area contributed by atoms with Crippen molar-refractivity contribution in [3.63, 3.8) is 0 Å². The first-order valence-corrected chi connectivity index (χ1v) is 12.1. The van der Waals surface area contributed by atoms with Crippen molar-refractivity contribution in [1.29, 1.82) is 0 Å². The summed E-state index contributed by atoms with van der Waals surface area (Å²) < 4.78 is 28.7. The van der Waals surface area contributed by atoms with Crippen LogP contribution in [0.1, 0.15) is 29.7 Å². The zero-order chi connectivity index (χ0) is 22.4. The number of hydrogen-bond donors (Lipinski definition) is 1. The summed E-state index contributed by atoms with van der Waals surface area (Å²) in [4.78, 5) is 12.9. The molecule has 3 aromatic rings. The fourth-order valence-electron chi connectivity index (χ4n) is 3.15. The molecular formula is C24H25BrN2O3S. The average molecular weight is 501 g/mol. The third-order valence-electron chi connectivity index (χ3n) is 4.93. The Bertz CT molecular complexity index is 1120. The molecule has 0 saturated heterocycles. The zero-order valence-electron chi connectivity index (χ0n) is 17.5. The maximum Gasteiger partial charge on any atom is 0.243 e. The van der Waals surface area contributed by atoms with Crippen LogP contribution in [0.2, 0.25) is 0 Å². The lowest BCUT2D eigenvalue weighted by molar-refractivity contribution is -0.122. The predicted octanol–water partition coefficient (Wildman–Crippen LogP) is 4.83. The molecule has 1 amide bonds. The lowest BCUT2D eigenvalue weighted by Crippen LogP contribution is -2.41. The highest BCUT2D eigenvalue weighted by Gasteiger charge is 2.27. The van der Waals surface area contributed by atoms with Crippen LogP contribution in [0.3, 0.4) is 0 Å². The van der Waals surface area contributed by atoms with Gasteiger partial charge in [-0.1, -0.05) is 76.1 Å². The maximum absolute atomic E-state index is 13.3. The summed E-state index contributed by atoms with van der Waals surface area (Å²) in [5, 5.41) is 2.90. The number of amides is 1. The van der Waals surface area contributed by atoms with Crippen LogP contribution in [-0.2, 0) is 21.4 Å². The molecule has 162 valence electrons. The van der Waals surface area contributed by atoms with Crippen molar-refractivity contribution in [2.24, 2.45) is 0 Å². The summed E-state index contributed by atoms with van der Waals surface area (Å²) in [7, 11) is -3.87. The molecule has 0 bridgehead atoms. The number of aryl methyl sites for hydroxylation is 1. The number of sulfonamides is 1. The Kier molecular flexibility index (Phi) is 7.64. The Hall–Kier alpha value is -2.48. The summed E-state index contributed by atoms with van der Waals surface area (Å²) in [6, 6.07) is 23.4. The third kappa shape index (κ3) is 6.26. The number of hydrogen-bond acceptors (Lipinski definition) is 3. The van der Waals surface area contributed by atoms with Crippen LogP contribution in [0, 0.1) is 6.92 Å². The van der Waals surface area contributed by atoms with Gasteiger partial charge in [0.1, 0.15) is 0 Å². The summed E-state index contributed by atoms with van der Waals surface area (Å²) >= 11 is 3.33. The summed E-state index contributed by atoms with van der Waals surface area (Å²) in [6.45, 7) is 3.68. The minimum absolute atomic E-state index is 0.103. The molecule has 7 heteroatoms. The number of nitrogens with zero attached hydrogens (tertiary/aromatic N) is 1. The fourth-order valence-corrected chi connectivity index (χ4v) is 4.80. The quantitative estimate of drug-likeness (QED) is 0.481. The normalized spacial score (nSPS) is 12.5. The van der Waals surface area contributed by atoms with Gasteiger partial charge < -0.3 is 5.32 Å². The maximum atomic E-state index is 13.3. The molecule has 0 fully saturated rings. The fraction of sp³-hybridized carbons (Fsp3) is 0.208. The van der Waals surface area contributed by atoms with E-state index in [1.165, 1.54) is 16.4 Å². The first-order valence-electron chi connectivity index (χ1n) is 9.91. The van der Waals surface area contributed by atoms with Gasteiger partial charge in [-0.3, -0.25) is 4.79 Å². The highest BCUT2D eigenvalue weighted by atomic mass is 79.9. The van der Waals surface area contributed by atoms with E-state index < -0.39 is 10.0 Å². The van der Waals surface area contributed by atoms with Gasteiger partial charge in [0.15, 0.2) is 0 Å². The number of rotatable bonds is 8. The van der Waals surface area contributed by atoms with E-state index in [2.05, 4.69) is 21.2 Å². The molecule has 0 heterocycles. The molecule has 1 atom stereocenters. The molecule has 5 nitrogen and oxygen atoms in total. The van der Waals surface area contributed by atoms with Gasteiger partial charge >= 0.3 is 0 Å². The van der Waals surface area contributed by atoms with Crippen molar-refractivity contribution in [3.8, 4) is 0 Å².